The van der Waals surface area contributed by atoms with Crippen molar-refractivity contribution in [1.29, 1.82) is 5.26 Å². The van der Waals surface area contributed by atoms with E-state index in [0.29, 0.717) is 5.56 Å². The van der Waals surface area contributed by atoms with Crippen LogP contribution in [0, 0.1) is 37.0 Å². The molecule has 110 valence electrons. The van der Waals surface area contributed by atoms with Crippen LogP contribution in [0.15, 0.2) is 23.6 Å². The van der Waals surface area contributed by atoms with Gasteiger partial charge in [-0.1, -0.05) is 33.6 Å². The molecular weight excluding hydrogens is 276 g/mol. The summed E-state index contributed by atoms with van der Waals surface area (Å²) in [7, 11) is 0. The molecule has 2 aromatic rings. The molecule has 2 rings (SSSR count). The second-order valence-electron chi connectivity index (χ2n) is 3.70. The molecular formula is C18H22N2S. The Hall–Kier alpha value is -2.10. The van der Waals surface area contributed by atoms with E-state index in [1.54, 1.807) is 17.4 Å². The van der Waals surface area contributed by atoms with Crippen LogP contribution in [-0.2, 0) is 0 Å². The van der Waals surface area contributed by atoms with Crippen molar-refractivity contribution in [2.24, 2.45) is 0 Å². The zero-order valence-electron chi connectivity index (χ0n) is 13.6. The number of benzene rings is 1. The van der Waals surface area contributed by atoms with Crippen molar-refractivity contribution in [2.75, 3.05) is 0 Å². The molecule has 0 bridgehead atoms. The second-order valence-corrected chi connectivity index (χ2v) is 4.76. The van der Waals surface area contributed by atoms with Gasteiger partial charge in [0.05, 0.1) is 16.6 Å². The van der Waals surface area contributed by atoms with Crippen molar-refractivity contribution in [3.05, 3.63) is 51.0 Å². The lowest BCUT2D eigenvalue weighted by Gasteiger charge is -1.95. The van der Waals surface area contributed by atoms with Gasteiger partial charge in [0, 0.05) is 10.9 Å². The third kappa shape index (κ3) is 6.75. The molecule has 1 aromatic heterocycles. The first-order valence-corrected chi connectivity index (χ1v) is 8.01. The molecule has 3 heteroatoms. The zero-order chi connectivity index (χ0) is 16.3. The minimum atomic E-state index is 0.642. The van der Waals surface area contributed by atoms with Crippen molar-refractivity contribution < 1.29 is 0 Å². The number of nitriles is 1. The molecule has 1 aromatic carbocycles. The van der Waals surface area contributed by atoms with Crippen molar-refractivity contribution in [1.82, 2.24) is 4.98 Å². The summed E-state index contributed by atoms with van der Waals surface area (Å²) in [6.07, 6.45) is 0. The summed E-state index contributed by atoms with van der Waals surface area (Å²) >= 11 is 1.58. The average Bonchev–Trinajstić information content (AvgIpc) is 2.94. The molecule has 21 heavy (non-hydrogen) atoms. The molecule has 0 saturated carbocycles. The van der Waals surface area contributed by atoms with Gasteiger partial charge in [-0.15, -0.1) is 11.3 Å². The van der Waals surface area contributed by atoms with Gasteiger partial charge in [-0.2, -0.15) is 5.26 Å². The summed E-state index contributed by atoms with van der Waals surface area (Å²) in [6.45, 7) is 11.9. The van der Waals surface area contributed by atoms with Crippen LogP contribution < -0.4 is 0 Å². The lowest BCUT2D eigenvalue weighted by molar-refractivity contribution is 1.27. The predicted octanol–water partition coefficient (Wildman–Crippen LogP) is 5.08. The Labute approximate surface area is 132 Å². The molecule has 0 saturated heterocycles. The van der Waals surface area contributed by atoms with E-state index < -0.39 is 0 Å². The van der Waals surface area contributed by atoms with Crippen LogP contribution in [0.2, 0.25) is 0 Å². The second kappa shape index (κ2) is 10.7. The van der Waals surface area contributed by atoms with Crippen molar-refractivity contribution in [2.45, 2.75) is 41.5 Å². The van der Waals surface area contributed by atoms with E-state index >= 15 is 0 Å². The highest BCUT2D eigenvalue weighted by molar-refractivity contribution is 7.09. The van der Waals surface area contributed by atoms with E-state index in [1.807, 2.05) is 59.1 Å². The minimum Gasteiger partial charge on any atom is -0.233 e. The number of hydrogen-bond donors (Lipinski definition) is 0. The first-order valence-electron chi connectivity index (χ1n) is 7.13. The van der Waals surface area contributed by atoms with Gasteiger partial charge < -0.3 is 0 Å². The maximum atomic E-state index is 8.87. The van der Waals surface area contributed by atoms with Crippen LogP contribution in [0.4, 0.5) is 0 Å². The molecule has 0 fully saturated rings. The van der Waals surface area contributed by atoms with Gasteiger partial charge in [-0.3, -0.25) is 0 Å². The summed E-state index contributed by atoms with van der Waals surface area (Å²) in [5.74, 6) is 6.03. The summed E-state index contributed by atoms with van der Waals surface area (Å²) in [6, 6.07) is 7.73. The van der Waals surface area contributed by atoms with Crippen molar-refractivity contribution in [3.63, 3.8) is 0 Å². The molecule has 1 heterocycles. The smallest absolute Gasteiger partial charge is 0.124 e. The van der Waals surface area contributed by atoms with E-state index in [9.17, 15) is 0 Å². The third-order valence-corrected chi connectivity index (χ3v) is 2.93. The number of hydrogen-bond acceptors (Lipinski definition) is 3. The normalized spacial score (nSPS) is 8.05. The fourth-order valence-corrected chi connectivity index (χ4v) is 2.02. The van der Waals surface area contributed by atoms with Gasteiger partial charge in [0.15, 0.2) is 0 Å². The minimum absolute atomic E-state index is 0.642. The molecule has 0 atom stereocenters. The van der Waals surface area contributed by atoms with E-state index in [1.165, 1.54) is 0 Å². The Morgan fingerprint density at radius 2 is 1.57 bits per heavy atom. The van der Waals surface area contributed by atoms with Gasteiger partial charge in [0.25, 0.3) is 0 Å². The molecule has 0 aliphatic heterocycles. The van der Waals surface area contributed by atoms with E-state index in [4.69, 9.17) is 5.26 Å². The maximum absolute atomic E-state index is 8.87. The highest BCUT2D eigenvalue weighted by atomic mass is 32.1. The van der Waals surface area contributed by atoms with Crippen LogP contribution in [0.3, 0.4) is 0 Å². The topological polar surface area (TPSA) is 36.7 Å². The van der Waals surface area contributed by atoms with Gasteiger partial charge in [-0.05, 0) is 43.5 Å². The maximum Gasteiger partial charge on any atom is 0.124 e. The number of aromatic nitrogens is 1. The highest BCUT2D eigenvalue weighted by Gasteiger charge is 1.96. The van der Waals surface area contributed by atoms with Gasteiger partial charge in [0.2, 0.25) is 0 Å². The Bertz CT molecular complexity index is 652. The standard InChI is InChI=1S/C14H10N2S.2C2H6/c1-10-5-12(7-13(6-10)8-15)3-4-14-9-17-11(2)16-14;2*1-2/h5-7,9H,1-2H3;2*1-2H3. The number of aryl methyl sites for hydroxylation is 2. The number of nitrogens with zero attached hydrogens (tertiary/aromatic N) is 2. The average molecular weight is 298 g/mol. The molecule has 0 spiro atoms. The largest absolute Gasteiger partial charge is 0.233 e. The molecule has 0 radical (unpaired) electrons. The molecule has 0 N–H and O–H groups in total. The van der Waals surface area contributed by atoms with Crippen LogP contribution in [-0.4, -0.2) is 4.98 Å². The van der Waals surface area contributed by atoms with E-state index in [2.05, 4.69) is 22.9 Å². The summed E-state index contributed by atoms with van der Waals surface area (Å²) in [4.78, 5) is 4.27. The first kappa shape index (κ1) is 18.9. The monoisotopic (exact) mass is 298 g/mol. The van der Waals surface area contributed by atoms with Crippen LogP contribution in [0.25, 0.3) is 0 Å². The molecule has 0 aliphatic rings. The highest BCUT2D eigenvalue weighted by Crippen LogP contribution is 2.09. The predicted molar refractivity (Wildman–Crippen MR) is 91.4 cm³/mol. The van der Waals surface area contributed by atoms with E-state index in [-0.39, 0.29) is 0 Å². The van der Waals surface area contributed by atoms with Crippen molar-refractivity contribution >= 4 is 11.3 Å². The van der Waals surface area contributed by atoms with Gasteiger partial charge in [-0.25, -0.2) is 4.98 Å². The molecule has 0 unspecified atom stereocenters. The van der Waals surface area contributed by atoms with Crippen LogP contribution in [0.5, 0.6) is 0 Å². The number of rotatable bonds is 0. The van der Waals surface area contributed by atoms with Crippen LogP contribution >= 0.6 is 11.3 Å². The lowest BCUT2D eigenvalue weighted by atomic mass is 10.1. The number of thiazole rings is 1. The molecule has 0 amide bonds. The fourth-order valence-electron chi connectivity index (χ4n) is 1.48. The summed E-state index contributed by atoms with van der Waals surface area (Å²) < 4.78 is 0. The van der Waals surface area contributed by atoms with E-state index in [0.717, 1.165) is 21.8 Å². The van der Waals surface area contributed by atoms with Crippen molar-refractivity contribution in [3.8, 4) is 17.9 Å². The van der Waals surface area contributed by atoms with Crippen LogP contribution in [0.1, 0.15) is 55.1 Å². The Kier molecular flexibility index (Phi) is 9.59. The summed E-state index contributed by atoms with van der Waals surface area (Å²) in [5.41, 5.74) is 3.33. The quantitative estimate of drug-likeness (QED) is 0.636. The fraction of sp³-hybridized carbons (Fsp3) is 0.333. The molecule has 2 nitrogen and oxygen atoms in total. The molecule has 0 aliphatic carbocycles. The third-order valence-electron chi connectivity index (χ3n) is 2.16. The lowest BCUT2D eigenvalue weighted by Crippen LogP contribution is -1.82. The first-order chi connectivity index (χ1) is 10.2. The Morgan fingerprint density at radius 1 is 0.952 bits per heavy atom. The Balaban J connectivity index is 0.000000921. The summed E-state index contributed by atoms with van der Waals surface area (Å²) in [5, 5.41) is 11.8. The zero-order valence-corrected chi connectivity index (χ0v) is 14.4. The SMILES string of the molecule is CC.CC.Cc1cc(C#N)cc(C#Cc2csc(C)n2)c1. The van der Waals surface area contributed by atoms with Gasteiger partial charge >= 0.3 is 0 Å². The van der Waals surface area contributed by atoms with Gasteiger partial charge in [0.1, 0.15) is 5.69 Å². The Morgan fingerprint density at radius 3 is 2.10 bits per heavy atom.